The number of aliphatic hydroxyl groups is 2. The molecular formula is C30H48N5O4S2Si2. The molecule has 3 N–H and O–H groups in total. The Hall–Kier alpha value is -1.46. The van der Waals surface area contributed by atoms with E-state index in [4.69, 9.17) is 18.5 Å². The number of nitrogens with one attached hydrogen (secondary N) is 1. The number of aryl methyl sites for hydroxylation is 1. The standard InChI is InChI=1S/C30H48N5O4S2Si2/c1-16(2)42(17(3)4)39-43(18(5)6,19(7)8)38-15-21-13-22(27(37)26(21)36)33-28-25(20(9)32-30(35-28)40-10)29-34-23-14-31-12-11-24(23)41-29/h11-12,14,16-19,21-22,26-27,36-37H,13,15H2,1-10H3,(H,32,33,35). The SMILES string of the molecule is CSc1nc(C)c(-c2nc3cnccc3s2)c(NC2CC(CO[Si](O[Si](C(C)C)C(C)C)(C(C)C)C(C)C)C(O)C2O)n1. The van der Waals surface area contributed by atoms with Crippen molar-refractivity contribution in [2.24, 2.45) is 5.92 Å². The van der Waals surface area contributed by atoms with Gasteiger partial charge < -0.3 is 24.1 Å². The molecule has 1 radical (unpaired) electrons. The van der Waals surface area contributed by atoms with Gasteiger partial charge in [0.25, 0.3) is 0 Å². The van der Waals surface area contributed by atoms with E-state index in [1.54, 1.807) is 23.7 Å². The number of pyridine rings is 1. The van der Waals surface area contributed by atoms with E-state index in [0.29, 0.717) is 35.1 Å². The van der Waals surface area contributed by atoms with E-state index in [0.717, 1.165) is 26.5 Å². The Kier molecular flexibility index (Phi) is 11.5. The number of fused-ring (bicyclic) bond motifs is 1. The van der Waals surface area contributed by atoms with Crippen molar-refractivity contribution in [1.29, 1.82) is 0 Å². The summed E-state index contributed by atoms with van der Waals surface area (Å²) in [5.41, 5.74) is 3.86. The van der Waals surface area contributed by atoms with E-state index in [9.17, 15) is 10.2 Å². The van der Waals surface area contributed by atoms with Crippen LogP contribution in [-0.4, -0.2) is 78.9 Å². The topological polar surface area (TPSA) is 123 Å². The van der Waals surface area contributed by atoms with Crippen LogP contribution in [0.1, 0.15) is 67.5 Å². The summed E-state index contributed by atoms with van der Waals surface area (Å²) >= 11 is 3.02. The molecule has 1 aliphatic carbocycles. The van der Waals surface area contributed by atoms with Crippen molar-refractivity contribution in [2.45, 2.75) is 114 Å². The highest BCUT2D eigenvalue weighted by atomic mass is 32.2. The van der Waals surface area contributed by atoms with E-state index < -0.39 is 35.9 Å². The average molecular weight is 663 g/mol. The normalized spacial score (nSPS) is 21.4. The Morgan fingerprint density at radius 1 is 1.05 bits per heavy atom. The highest BCUT2D eigenvalue weighted by molar-refractivity contribution is 7.98. The molecule has 0 aromatic carbocycles. The largest absolute Gasteiger partial charge is 0.435 e. The van der Waals surface area contributed by atoms with Gasteiger partial charge in [0, 0.05) is 18.7 Å². The molecule has 1 saturated carbocycles. The minimum atomic E-state index is -2.65. The van der Waals surface area contributed by atoms with Gasteiger partial charge in [0.15, 0.2) is 5.16 Å². The van der Waals surface area contributed by atoms with Crippen LogP contribution >= 0.6 is 23.1 Å². The van der Waals surface area contributed by atoms with Gasteiger partial charge in [0.2, 0.25) is 9.04 Å². The first-order valence-electron chi connectivity index (χ1n) is 15.2. The van der Waals surface area contributed by atoms with E-state index in [2.05, 4.69) is 70.7 Å². The van der Waals surface area contributed by atoms with Crippen molar-refractivity contribution >= 4 is 56.7 Å². The van der Waals surface area contributed by atoms with Gasteiger partial charge >= 0.3 is 8.56 Å². The lowest BCUT2D eigenvalue weighted by Crippen LogP contribution is -2.54. The summed E-state index contributed by atoms with van der Waals surface area (Å²) in [5.74, 6) is 0.369. The molecule has 1 fully saturated rings. The van der Waals surface area contributed by atoms with E-state index >= 15 is 0 Å². The van der Waals surface area contributed by atoms with Gasteiger partial charge in [-0.2, -0.15) is 0 Å². The van der Waals surface area contributed by atoms with E-state index in [-0.39, 0.29) is 17.0 Å². The minimum absolute atomic E-state index is 0.242. The summed E-state index contributed by atoms with van der Waals surface area (Å²) in [5, 5.41) is 27.4. The molecular weight excluding hydrogens is 615 g/mol. The second-order valence-electron chi connectivity index (χ2n) is 12.8. The first-order chi connectivity index (χ1) is 20.3. The van der Waals surface area contributed by atoms with Gasteiger partial charge in [0.1, 0.15) is 22.4 Å². The van der Waals surface area contributed by atoms with Crippen molar-refractivity contribution in [3.05, 3.63) is 24.2 Å². The van der Waals surface area contributed by atoms with Gasteiger partial charge in [-0.1, -0.05) is 67.2 Å². The Morgan fingerprint density at radius 2 is 1.72 bits per heavy atom. The highest BCUT2D eigenvalue weighted by Crippen LogP contribution is 2.41. The number of nitrogens with zero attached hydrogens (tertiary/aromatic N) is 4. The lowest BCUT2D eigenvalue weighted by Gasteiger charge is -2.42. The maximum absolute atomic E-state index is 11.2. The van der Waals surface area contributed by atoms with Crippen LogP contribution in [0.25, 0.3) is 20.8 Å². The van der Waals surface area contributed by atoms with Crippen LogP contribution in [0.2, 0.25) is 22.2 Å². The molecule has 4 atom stereocenters. The number of hydrogen-bond acceptors (Lipinski definition) is 11. The zero-order chi connectivity index (χ0) is 31.6. The van der Waals surface area contributed by atoms with Gasteiger partial charge in [-0.3, -0.25) is 4.98 Å². The van der Waals surface area contributed by atoms with E-state index in [1.807, 2.05) is 19.2 Å². The molecule has 0 bridgehead atoms. The van der Waals surface area contributed by atoms with Gasteiger partial charge in [0.05, 0.1) is 34.3 Å². The molecule has 0 amide bonds. The maximum atomic E-state index is 11.2. The summed E-state index contributed by atoms with van der Waals surface area (Å²) in [4.78, 5) is 18.5. The first kappa shape index (κ1) is 34.4. The smallest absolute Gasteiger partial charge is 0.333 e. The molecule has 43 heavy (non-hydrogen) atoms. The fraction of sp³-hybridized carbons (Fsp3) is 0.667. The van der Waals surface area contributed by atoms with E-state index in [1.165, 1.54) is 11.8 Å². The number of aromatic nitrogens is 4. The molecule has 4 rings (SSSR count). The third-order valence-electron chi connectivity index (χ3n) is 8.33. The van der Waals surface area contributed by atoms with Gasteiger partial charge in [-0.15, -0.1) is 11.3 Å². The highest BCUT2D eigenvalue weighted by Gasteiger charge is 2.50. The Balaban J connectivity index is 1.58. The molecule has 13 heteroatoms. The Labute approximate surface area is 267 Å². The van der Waals surface area contributed by atoms with Gasteiger partial charge in [-0.05, 0) is 47.8 Å². The lowest BCUT2D eigenvalue weighted by molar-refractivity contribution is 0.00343. The summed E-state index contributed by atoms with van der Waals surface area (Å²) in [7, 11) is -3.75. The predicted molar refractivity (Wildman–Crippen MR) is 181 cm³/mol. The summed E-state index contributed by atoms with van der Waals surface area (Å²) < 4.78 is 15.0. The Morgan fingerprint density at radius 3 is 2.30 bits per heavy atom. The molecule has 9 nitrogen and oxygen atoms in total. The monoisotopic (exact) mass is 662 g/mol. The van der Waals surface area contributed by atoms with Crippen molar-refractivity contribution in [3.8, 4) is 10.6 Å². The van der Waals surface area contributed by atoms with Crippen LogP contribution < -0.4 is 5.32 Å². The van der Waals surface area contributed by atoms with Crippen molar-refractivity contribution < 1.29 is 18.8 Å². The molecule has 1 aliphatic rings. The fourth-order valence-electron chi connectivity index (χ4n) is 6.08. The van der Waals surface area contributed by atoms with Gasteiger partial charge in [-0.25, -0.2) is 15.0 Å². The number of thiazole rings is 1. The average Bonchev–Trinajstić information content (AvgIpc) is 3.48. The molecule has 237 valence electrons. The molecule has 3 aromatic rings. The zero-order valence-corrected chi connectivity index (χ0v) is 30.7. The van der Waals surface area contributed by atoms with Crippen molar-refractivity contribution in [2.75, 3.05) is 18.2 Å². The van der Waals surface area contributed by atoms with Crippen molar-refractivity contribution in [1.82, 2.24) is 19.9 Å². The third-order valence-corrected chi connectivity index (χ3v) is 18.3. The van der Waals surface area contributed by atoms with Crippen molar-refractivity contribution in [3.63, 3.8) is 0 Å². The summed E-state index contributed by atoms with van der Waals surface area (Å²) in [6, 6.07) is 1.54. The fourth-order valence-corrected chi connectivity index (χ4v) is 16.8. The van der Waals surface area contributed by atoms with Crippen LogP contribution in [-0.2, 0) is 8.54 Å². The molecule has 0 spiro atoms. The zero-order valence-electron chi connectivity index (χ0n) is 27.1. The molecule has 0 aliphatic heterocycles. The second kappa shape index (κ2) is 14.3. The number of hydrogen-bond donors (Lipinski definition) is 3. The minimum Gasteiger partial charge on any atom is -0.435 e. The second-order valence-corrected chi connectivity index (χ2v) is 22.5. The van der Waals surface area contributed by atoms with Crippen LogP contribution in [0.4, 0.5) is 5.82 Å². The third kappa shape index (κ3) is 7.35. The quantitative estimate of drug-likeness (QED) is 0.102. The molecule has 4 unspecified atom stereocenters. The molecule has 3 heterocycles. The van der Waals surface area contributed by atoms with Crippen LogP contribution in [0, 0.1) is 12.8 Å². The molecule has 0 saturated heterocycles. The number of anilines is 1. The number of rotatable bonds is 13. The maximum Gasteiger partial charge on any atom is 0.333 e. The summed E-state index contributed by atoms with van der Waals surface area (Å²) in [6.45, 7) is 20.1. The van der Waals surface area contributed by atoms with Crippen LogP contribution in [0.5, 0.6) is 0 Å². The van der Waals surface area contributed by atoms with Crippen LogP contribution in [0.3, 0.4) is 0 Å². The number of aliphatic hydroxyl groups excluding tert-OH is 2. The Bertz CT molecular complexity index is 1330. The summed E-state index contributed by atoms with van der Waals surface area (Å²) in [6.07, 6.45) is 4.09. The van der Waals surface area contributed by atoms with Crippen LogP contribution in [0.15, 0.2) is 23.6 Å². The molecule has 3 aromatic heterocycles. The lowest BCUT2D eigenvalue weighted by atomic mass is 10.1. The number of thioether (sulfide) groups is 1. The predicted octanol–water partition coefficient (Wildman–Crippen LogP) is 6.81. The first-order valence-corrected chi connectivity index (χ1v) is 20.8.